The highest BCUT2D eigenvalue weighted by molar-refractivity contribution is 5.87. The molecule has 1 atom stereocenters. The Labute approximate surface area is 225 Å². The van der Waals surface area contributed by atoms with E-state index in [-0.39, 0.29) is 17.9 Å². The molecule has 0 unspecified atom stereocenters. The molecule has 5 rings (SSSR count). The number of nitrogens with one attached hydrogen (secondary N) is 2. The van der Waals surface area contributed by atoms with Crippen LogP contribution in [0, 0.1) is 11.7 Å². The van der Waals surface area contributed by atoms with Crippen molar-refractivity contribution in [2.24, 2.45) is 5.92 Å². The van der Waals surface area contributed by atoms with Gasteiger partial charge in [-0.25, -0.2) is 9.18 Å². The second-order valence-electron chi connectivity index (χ2n) is 11.5. The summed E-state index contributed by atoms with van der Waals surface area (Å²) in [6, 6.07) is 9.06. The largest absolute Gasteiger partial charge is 0.493 e. The van der Waals surface area contributed by atoms with Gasteiger partial charge in [0.1, 0.15) is 11.6 Å². The molecular formula is C29H33F4N3O3. The Morgan fingerprint density at radius 3 is 2.44 bits per heavy atom. The predicted molar refractivity (Wildman–Crippen MR) is 137 cm³/mol. The minimum atomic E-state index is -4.50. The summed E-state index contributed by atoms with van der Waals surface area (Å²) in [6.07, 6.45) is -1.44. The van der Waals surface area contributed by atoms with Gasteiger partial charge in [-0.05, 0) is 63.1 Å². The topological polar surface area (TPSA) is 70.7 Å². The van der Waals surface area contributed by atoms with Gasteiger partial charge in [0.05, 0.1) is 23.1 Å². The van der Waals surface area contributed by atoms with Gasteiger partial charge in [0.15, 0.2) is 0 Å². The van der Waals surface area contributed by atoms with Crippen LogP contribution >= 0.6 is 0 Å². The van der Waals surface area contributed by atoms with Crippen LogP contribution in [-0.4, -0.2) is 48.6 Å². The number of carbonyl (C=O) groups is 2. The Balaban J connectivity index is 1.36. The number of nitrogens with zero attached hydrogens (tertiary/aromatic N) is 1. The first-order valence-corrected chi connectivity index (χ1v) is 13.3. The second kappa shape index (κ2) is 10.0. The van der Waals surface area contributed by atoms with E-state index in [1.807, 2.05) is 0 Å². The summed E-state index contributed by atoms with van der Waals surface area (Å²) in [5.74, 6) is 0.0493. The summed E-state index contributed by atoms with van der Waals surface area (Å²) in [4.78, 5) is 27.7. The molecule has 2 aromatic rings. The third kappa shape index (κ3) is 5.56. The fourth-order valence-electron chi connectivity index (χ4n) is 5.75. The van der Waals surface area contributed by atoms with Crippen molar-refractivity contribution in [1.29, 1.82) is 0 Å². The van der Waals surface area contributed by atoms with Crippen LogP contribution in [0.5, 0.6) is 5.75 Å². The first kappa shape index (κ1) is 27.3. The number of alkyl halides is 3. The molecule has 0 aromatic heterocycles. The monoisotopic (exact) mass is 547 g/mol. The van der Waals surface area contributed by atoms with E-state index in [9.17, 15) is 27.2 Å². The molecule has 10 heteroatoms. The molecule has 0 radical (unpaired) electrons. The summed E-state index contributed by atoms with van der Waals surface area (Å²) in [5.41, 5.74) is -1.57. The quantitative estimate of drug-likeness (QED) is 0.478. The van der Waals surface area contributed by atoms with E-state index in [2.05, 4.69) is 10.6 Å². The van der Waals surface area contributed by atoms with Crippen molar-refractivity contribution in [3.63, 3.8) is 0 Å². The third-order valence-electron chi connectivity index (χ3n) is 8.41. The van der Waals surface area contributed by atoms with Crippen molar-refractivity contribution < 1.29 is 31.9 Å². The van der Waals surface area contributed by atoms with Crippen LogP contribution in [0.15, 0.2) is 42.5 Å². The second-order valence-corrected chi connectivity index (χ2v) is 11.5. The van der Waals surface area contributed by atoms with E-state index in [0.29, 0.717) is 56.3 Å². The van der Waals surface area contributed by atoms with Crippen molar-refractivity contribution in [2.75, 3.05) is 26.2 Å². The molecular weight excluding hydrogens is 514 g/mol. The highest BCUT2D eigenvalue weighted by Crippen LogP contribution is 2.43. The standard InChI is InChI=1S/C29H33F4N3O3/c1-27(2,19-4-3-5-20(14-19)29(31,32)33)25(37)36-12-10-28(11-13-36)23(16-34-26(38)35-28)22-9-8-21(30)15-24(22)39-17-18-6-7-18/h3-5,8-9,14-15,18,23H,6-7,10-13,16-17H2,1-2H3,(H2,34,35,38)/t23-/m0/s1. The fraction of sp³-hybridized carbons (Fsp3) is 0.517. The Kier molecular flexibility index (Phi) is 7.01. The normalized spacial score (nSPS) is 21.3. The number of piperidine rings is 1. The van der Waals surface area contributed by atoms with Gasteiger partial charge in [0.2, 0.25) is 5.91 Å². The average Bonchev–Trinajstić information content (AvgIpc) is 3.72. The Hall–Kier alpha value is -3.30. The summed E-state index contributed by atoms with van der Waals surface area (Å²) in [5, 5.41) is 5.94. The smallest absolute Gasteiger partial charge is 0.416 e. The maximum atomic E-state index is 14.2. The lowest BCUT2D eigenvalue weighted by molar-refractivity contribution is -0.140. The van der Waals surface area contributed by atoms with E-state index in [1.54, 1.807) is 30.9 Å². The van der Waals surface area contributed by atoms with E-state index in [4.69, 9.17) is 4.74 Å². The number of hydrogen-bond donors (Lipinski definition) is 2. The molecule has 3 aliphatic rings. The minimum Gasteiger partial charge on any atom is -0.493 e. The van der Waals surface area contributed by atoms with Gasteiger partial charge in [-0.3, -0.25) is 4.79 Å². The number of benzene rings is 2. The number of amides is 3. The van der Waals surface area contributed by atoms with Crippen molar-refractivity contribution in [3.05, 3.63) is 65.0 Å². The molecule has 210 valence electrons. The van der Waals surface area contributed by atoms with Gasteiger partial charge in [-0.15, -0.1) is 0 Å². The fourth-order valence-corrected chi connectivity index (χ4v) is 5.75. The van der Waals surface area contributed by atoms with E-state index in [1.165, 1.54) is 18.2 Å². The lowest BCUT2D eigenvalue weighted by Crippen LogP contribution is -2.66. The van der Waals surface area contributed by atoms with Gasteiger partial charge >= 0.3 is 12.2 Å². The molecule has 6 nitrogen and oxygen atoms in total. The Bertz CT molecular complexity index is 1250. The zero-order valence-corrected chi connectivity index (χ0v) is 22.0. The molecule has 1 aliphatic carbocycles. The van der Waals surface area contributed by atoms with E-state index >= 15 is 0 Å². The lowest BCUT2D eigenvalue weighted by atomic mass is 9.71. The van der Waals surface area contributed by atoms with Gasteiger partial charge in [-0.1, -0.05) is 24.3 Å². The molecule has 2 N–H and O–H groups in total. The summed E-state index contributed by atoms with van der Waals surface area (Å²) in [6.45, 7) is 4.75. The minimum absolute atomic E-state index is 0.223. The third-order valence-corrected chi connectivity index (χ3v) is 8.41. The van der Waals surface area contributed by atoms with Crippen molar-refractivity contribution in [1.82, 2.24) is 15.5 Å². The van der Waals surface area contributed by atoms with Crippen LogP contribution < -0.4 is 15.4 Å². The molecule has 2 aromatic carbocycles. The molecule has 3 amide bonds. The van der Waals surface area contributed by atoms with Crippen molar-refractivity contribution >= 4 is 11.9 Å². The summed E-state index contributed by atoms with van der Waals surface area (Å²) < 4.78 is 60.1. The van der Waals surface area contributed by atoms with Gasteiger partial charge in [0, 0.05) is 37.2 Å². The summed E-state index contributed by atoms with van der Waals surface area (Å²) >= 11 is 0. The molecule has 0 bridgehead atoms. The zero-order valence-electron chi connectivity index (χ0n) is 22.0. The number of ether oxygens (including phenoxy) is 1. The number of urea groups is 1. The highest BCUT2D eigenvalue weighted by Gasteiger charge is 2.49. The average molecular weight is 548 g/mol. The van der Waals surface area contributed by atoms with Gasteiger partial charge < -0.3 is 20.3 Å². The molecule has 2 heterocycles. The molecule has 1 saturated carbocycles. The molecule has 39 heavy (non-hydrogen) atoms. The lowest BCUT2D eigenvalue weighted by Gasteiger charge is -2.50. The maximum absolute atomic E-state index is 14.2. The molecule has 2 aliphatic heterocycles. The van der Waals surface area contributed by atoms with Crippen LogP contribution in [0.1, 0.15) is 62.1 Å². The van der Waals surface area contributed by atoms with E-state index < -0.39 is 28.5 Å². The first-order valence-electron chi connectivity index (χ1n) is 13.3. The predicted octanol–water partition coefficient (Wildman–Crippen LogP) is 5.37. The molecule has 1 spiro atoms. The summed E-state index contributed by atoms with van der Waals surface area (Å²) in [7, 11) is 0. The van der Waals surface area contributed by atoms with Crippen LogP contribution in [-0.2, 0) is 16.4 Å². The Morgan fingerprint density at radius 2 is 1.77 bits per heavy atom. The van der Waals surface area contributed by atoms with Crippen molar-refractivity contribution in [3.8, 4) is 5.75 Å². The van der Waals surface area contributed by atoms with Crippen LogP contribution in [0.25, 0.3) is 0 Å². The van der Waals surface area contributed by atoms with Crippen molar-refractivity contribution in [2.45, 2.75) is 62.6 Å². The number of carbonyl (C=O) groups excluding carboxylic acids is 2. The SMILES string of the molecule is CC(C)(C(=O)N1CCC2(CC1)NC(=O)NC[C@H]2c1ccc(F)cc1OCC1CC1)c1cccc(C(F)(F)F)c1. The Morgan fingerprint density at radius 1 is 1.08 bits per heavy atom. The van der Waals surface area contributed by atoms with Crippen LogP contribution in [0.2, 0.25) is 0 Å². The number of halogens is 4. The highest BCUT2D eigenvalue weighted by atomic mass is 19.4. The van der Waals surface area contributed by atoms with Gasteiger partial charge in [-0.2, -0.15) is 13.2 Å². The number of likely N-dealkylation sites (tertiary alicyclic amines) is 1. The number of hydrogen-bond acceptors (Lipinski definition) is 3. The zero-order chi connectivity index (χ0) is 28.0. The maximum Gasteiger partial charge on any atom is 0.416 e. The first-order chi connectivity index (χ1) is 18.4. The molecule has 2 saturated heterocycles. The van der Waals surface area contributed by atoms with Gasteiger partial charge in [0.25, 0.3) is 0 Å². The van der Waals surface area contributed by atoms with Crippen LogP contribution in [0.4, 0.5) is 22.4 Å². The molecule has 3 fully saturated rings. The van der Waals surface area contributed by atoms with E-state index in [0.717, 1.165) is 30.5 Å². The number of rotatable bonds is 6. The van der Waals surface area contributed by atoms with Crippen LogP contribution in [0.3, 0.4) is 0 Å².